The van der Waals surface area contributed by atoms with Gasteiger partial charge in [-0.3, -0.25) is 20.4 Å². The van der Waals surface area contributed by atoms with Crippen LogP contribution in [-0.4, -0.2) is 18.9 Å². The Morgan fingerprint density at radius 1 is 1.08 bits per heavy atom. The minimum absolute atomic E-state index is 0.0875. The molecule has 1 aromatic heterocycles. The van der Waals surface area contributed by atoms with Crippen molar-refractivity contribution in [2.24, 2.45) is 0 Å². The van der Waals surface area contributed by atoms with Crippen LogP contribution in [0.15, 0.2) is 46.9 Å². The third-order valence-electron chi connectivity index (χ3n) is 4.15. The van der Waals surface area contributed by atoms with E-state index in [1.807, 2.05) is 43.3 Å². The zero-order valence-electron chi connectivity index (χ0n) is 14.9. The largest absolute Gasteiger partial charge is 0.496 e. The van der Waals surface area contributed by atoms with Gasteiger partial charge in [-0.25, -0.2) is 0 Å². The van der Waals surface area contributed by atoms with Crippen LogP contribution in [0.1, 0.15) is 27.2 Å². The van der Waals surface area contributed by atoms with Crippen molar-refractivity contribution >= 4 is 22.8 Å². The average molecular weight is 352 g/mol. The molecule has 1 heterocycles. The van der Waals surface area contributed by atoms with Gasteiger partial charge in [-0.1, -0.05) is 35.9 Å². The van der Waals surface area contributed by atoms with Gasteiger partial charge in [-0.15, -0.1) is 0 Å². The summed E-state index contributed by atoms with van der Waals surface area (Å²) in [5.41, 5.74) is 7.95. The predicted octanol–water partition coefficient (Wildman–Crippen LogP) is 3.06. The Hall–Kier alpha value is -3.28. The monoisotopic (exact) mass is 352 g/mol. The van der Waals surface area contributed by atoms with Crippen molar-refractivity contribution in [1.82, 2.24) is 10.9 Å². The second-order valence-corrected chi connectivity index (χ2v) is 6.05. The van der Waals surface area contributed by atoms with E-state index in [-0.39, 0.29) is 18.1 Å². The molecule has 134 valence electrons. The van der Waals surface area contributed by atoms with Crippen LogP contribution < -0.4 is 15.6 Å². The summed E-state index contributed by atoms with van der Waals surface area (Å²) < 4.78 is 10.8. The van der Waals surface area contributed by atoms with E-state index in [9.17, 15) is 9.59 Å². The number of benzene rings is 2. The fourth-order valence-electron chi connectivity index (χ4n) is 2.84. The molecule has 6 nitrogen and oxygen atoms in total. The molecule has 0 radical (unpaired) electrons. The SMILES string of the molecule is COc1ccc(C)cc1CC(=O)NNC(=O)c1oc2ccccc2c1C. The summed E-state index contributed by atoms with van der Waals surface area (Å²) in [5, 5.41) is 0.869. The van der Waals surface area contributed by atoms with E-state index in [2.05, 4.69) is 10.9 Å². The van der Waals surface area contributed by atoms with Gasteiger partial charge in [-0.05, 0) is 26.0 Å². The number of amides is 2. The van der Waals surface area contributed by atoms with Gasteiger partial charge in [0.15, 0.2) is 5.76 Å². The number of furan rings is 1. The second-order valence-electron chi connectivity index (χ2n) is 6.05. The van der Waals surface area contributed by atoms with Crippen LogP contribution >= 0.6 is 0 Å². The van der Waals surface area contributed by atoms with E-state index in [0.717, 1.165) is 22.1 Å². The van der Waals surface area contributed by atoms with E-state index in [1.54, 1.807) is 20.1 Å². The first-order chi connectivity index (χ1) is 12.5. The van der Waals surface area contributed by atoms with Gasteiger partial charge in [0.25, 0.3) is 0 Å². The van der Waals surface area contributed by atoms with Crippen molar-refractivity contribution in [3.05, 3.63) is 64.9 Å². The minimum Gasteiger partial charge on any atom is -0.496 e. The zero-order chi connectivity index (χ0) is 18.7. The first-order valence-corrected chi connectivity index (χ1v) is 8.20. The molecule has 0 aliphatic heterocycles. The molecule has 0 spiro atoms. The molecule has 0 aliphatic rings. The number of aryl methyl sites for hydroxylation is 2. The Labute approximate surface area is 151 Å². The van der Waals surface area contributed by atoms with E-state index >= 15 is 0 Å². The van der Waals surface area contributed by atoms with Crippen LogP contribution in [0.2, 0.25) is 0 Å². The highest BCUT2D eigenvalue weighted by atomic mass is 16.5. The molecule has 3 rings (SSSR count). The first kappa shape index (κ1) is 17.5. The molecule has 0 saturated heterocycles. The van der Waals surface area contributed by atoms with Gasteiger partial charge < -0.3 is 9.15 Å². The molecule has 0 atom stereocenters. The summed E-state index contributed by atoms with van der Waals surface area (Å²) in [6.45, 7) is 3.74. The van der Waals surface area contributed by atoms with E-state index in [4.69, 9.17) is 9.15 Å². The highest BCUT2D eigenvalue weighted by Gasteiger charge is 2.18. The van der Waals surface area contributed by atoms with Crippen LogP contribution in [0.5, 0.6) is 5.75 Å². The summed E-state index contributed by atoms with van der Waals surface area (Å²) in [6.07, 6.45) is 0.0875. The van der Waals surface area contributed by atoms with Crippen LogP contribution in [0.25, 0.3) is 11.0 Å². The fourth-order valence-corrected chi connectivity index (χ4v) is 2.84. The molecule has 0 bridgehead atoms. The number of carbonyl (C=O) groups is 2. The molecule has 3 aromatic rings. The van der Waals surface area contributed by atoms with Crippen molar-refractivity contribution in [2.45, 2.75) is 20.3 Å². The number of carbonyl (C=O) groups excluding carboxylic acids is 2. The summed E-state index contributed by atoms with van der Waals surface area (Å²) in [7, 11) is 1.55. The maximum atomic E-state index is 12.3. The number of fused-ring (bicyclic) bond motifs is 1. The number of ether oxygens (including phenoxy) is 1. The molecule has 26 heavy (non-hydrogen) atoms. The summed E-state index contributed by atoms with van der Waals surface area (Å²) in [5.74, 6) is -0.0379. The molecule has 2 N–H and O–H groups in total. The van der Waals surface area contributed by atoms with Gasteiger partial charge in [0.1, 0.15) is 11.3 Å². The predicted molar refractivity (Wildman–Crippen MR) is 98.0 cm³/mol. The Bertz CT molecular complexity index is 975. The third kappa shape index (κ3) is 3.54. The first-order valence-electron chi connectivity index (χ1n) is 8.20. The lowest BCUT2D eigenvalue weighted by atomic mass is 10.1. The molecule has 0 fully saturated rings. The van der Waals surface area contributed by atoms with E-state index < -0.39 is 5.91 Å². The van der Waals surface area contributed by atoms with Gasteiger partial charge >= 0.3 is 5.91 Å². The lowest BCUT2D eigenvalue weighted by Crippen LogP contribution is -2.42. The highest BCUT2D eigenvalue weighted by molar-refractivity contribution is 5.99. The quantitative estimate of drug-likeness (QED) is 0.707. The number of hydrogen-bond acceptors (Lipinski definition) is 4. The molecule has 2 amide bonds. The molecule has 0 aliphatic carbocycles. The topological polar surface area (TPSA) is 80.6 Å². The fraction of sp³-hybridized carbons (Fsp3) is 0.200. The van der Waals surface area contributed by atoms with Crippen LogP contribution in [0.4, 0.5) is 0 Å². The molecule has 0 saturated carbocycles. The van der Waals surface area contributed by atoms with Gasteiger partial charge in [-0.2, -0.15) is 0 Å². The Morgan fingerprint density at radius 3 is 2.58 bits per heavy atom. The lowest BCUT2D eigenvalue weighted by Gasteiger charge is -2.10. The summed E-state index contributed by atoms with van der Waals surface area (Å²) >= 11 is 0. The maximum Gasteiger partial charge on any atom is 0.305 e. The highest BCUT2D eigenvalue weighted by Crippen LogP contribution is 2.24. The van der Waals surface area contributed by atoms with Crippen molar-refractivity contribution in [3.8, 4) is 5.75 Å². The molecule has 2 aromatic carbocycles. The number of nitrogens with one attached hydrogen (secondary N) is 2. The third-order valence-corrected chi connectivity index (χ3v) is 4.15. The molecular weight excluding hydrogens is 332 g/mol. The van der Waals surface area contributed by atoms with Crippen molar-refractivity contribution < 1.29 is 18.7 Å². The number of methoxy groups -OCH3 is 1. The zero-order valence-corrected chi connectivity index (χ0v) is 14.9. The van der Waals surface area contributed by atoms with Gasteiger partial charge in [0.05, 0.1) is 13.5 Å². The standard InChI is InChI=1S/C20H20N2O4/c1-12-8-9-16(25-3)14(10-12)11-18(23)21-22-20(24)19-13(2)15-6-4-5-7-17(15)26-19/h4-10H,11H2,1-3H3,(H,21,23)(H,22,24). The number of para-hydroxylation sites is 1. The average Bonchev–Trinajstić information content (AvgIpc) is 2.97. The normalized spacial score (nSPS) is 10.6. The van der Waals surface area contributed by atoms with Crippen LogP contribution in [0, 0.1) is 13.8 Å². The van der Waals surface area contributed by atoms with Gasteiger partial charge in [0.2, 0.25) is 5.91 Å². The van der Waals surface area contributed by atoms with Crippen molar-refractivity contribution in [2.75, 3.05) is 7.11 Å². The van der Waals surface area contributed by atoms with Crippen LogP contribution in [-0.2, 0) is 11.2 Å². The summed E-state index contributed by atoms with van der Waals surface area (Å²) in [4.78, 5) is 24.5. The molecule has 6 heteroatoms. The smallest absolute Gasteiger partial charge is 0.305 e. The number of rotatable bonds is 4. The Morgan fingerprint density at radius 2 is 1.85 bits per heavy atom. The van der Waals surface area contributed by atoms with Crippen molar-refractivity contribution in [1.29, 1.82) is 0 Å². The van der Waals surface area contributed by atoms with Crippen molar-refractivity contribution in [3.63, 3.8) is 0 Å². The molecule has 0 unspecified atom stereocenters. The summed E-state index contributed by atoms with van der Waals surface area (Å²) in [6, 6.07) is 13.0. The second kappa shape index (κ2) is 7.31. The Balaban J connectivity index is 1.66. The Kier molecular flexibility index (Phi) is 4.93. The number of hydrogen-bond donors (Lipinski definition) is 2. The van der Waals surface area contributed by atoms with Crippen LogP contribution in [0.3, 0.4) is 0 Å². The maximum absolute atomic E-state index is 12.3. The molecular formula is C20H20N2O4. The lowest BCUT2D eigenvalue weighted by molar-refractivity contribution is -0.121. The van der Waals surface area contributed by atoms with E-state index in [0.29, 0.717) is 11.3 Å². The minimum atomic E-state index is -0.497. The van der Waals surface area contributed by atoms with Gasteiger partial charge in [0, 0.05) is 16.5 Å². The number of hydrazine groups is 1. The van der Waals surface area contributed by atoms with E-state index in [1.165, 1.54) is 0 Å².